The van der Waals surface area contributed by atoms with Crippen molar-refractivity contribution in [1.29, 1.82) is 0 Å². The van der Waals surface area contributed by atoms with Crippen molar-refractivity contribution in [3.8, 4) is 17.0 Å². The molecule has 58 heavy (non-hydrogen) atoms. The van der Waals surface area contributed by atoms with E-state index in [0.717, 1.165) is 70.3 Å². The summed E-state index contributed by atoms with van der Waals surface area (Å²) in [5.41, 5.74) is 5.51. The lowest BCUT2D eigenvalue weighted by molar-refractivity contribution is -0.137. The largest absolute Gasteiger partial charge is 0.494 e. The molecule has 1 aliphatic rings. The highest BCUT2D eigenvalue weighted by Crippen LogP contribution is 2.34. The number of unbranched alkanes of at least 4 members (excludes halogenated alkanes) is 4. The molecule has 0 radical (unpaired) electrons. The molecule has 3 aromatic heterocycles. The molecule has 0 atom stereocenters. The Balaban J connectivity index is 0.925. The minimum atomic E-state index is -0.762. The minimum Gasteiger partial charge on any atom is -0.494 e. The fraction of sp³-hybridized carbons (Fsp3) is 0.318. The van der Waals surface area contributed by atoms with Gasteiger partial charge in [0.05, 0.1) is 23.9 Å². The summed E-state index contributed by atoms with van der Waals surface area (Å²) in [4.78, 5) is 53.6. The second-order valence-electron chi connectivity index (χ2n) is 14.1. The van der Waals surface area contributed by atoms with Crippen LogP contribution in [-0.4, -0.2) is 58.2 Å². The number of amides is 1. The van der Waals surface area contributed by atoms with Crippen molar-refractivity contribution in [2.45, 2.75) is 70.8 Å². The molecular weight excluding hydrogens is 778 g/mol. The molecule has 0 saturated heterocycles. The fourth-order valence-electron chi connectivity index (χ4n) is 7.04. The van der Waals surface area contributed by atoms with E-state index in [1.54, 1.807) is 30.5 Å². The quantitative estimate of drug-likeness (QED) is 0.0636. The predicted octanol–water partition coefficient (Wildman–Crippen LogP) is 9.53. The molecule has 0 aliphatic carbocycles. The number of ether oxygens (including phenoxy) is 2. The third-order valence-corrected chi connectivity index (χ3v) is 12.2. The van der Waals surface area contributed by atoms with Crippen molar-refractivity contribution in [3.05, 3.63) is 118 Å². The summed E-state index contributed by atoms with van der Waals surface area (Å²) in [6.07, 6.45) is 8.93. The zero-order valence-corrected chi connectivity index (χ0v) is 33.8. The van der Waals surface area contributed by atoms with Gasteiger partial charge in [-0.2, -0.15) is 0 Å². The number of carboxylic acids is 1. The number of hydrogen-bond acceptors (Lipinski definition) is 11. The minimum absolute atomic E-state index is 0.203. The average Bonchev–Trinajstić information content (AvgIpc) is 3.85. The number of halogens is 1. The van der Waals surface area contributed by atoms with Crippen molar-refractivity contribution >= 4 is 61.0 Å². The zero-order valence-electron chi connectivity index (χ0n) is 32.2. The molecule has 300 valence electrons. The Morgan fingerprint density at radius 2 is 1.72 bits per heavy atom. The van der Waals surface area contributed by atoms with Gasteiger partial charge in [-0.05, 0) is 104 Å². The van der Waals surface area contributed by atoms with Gasteiger partial charge in [0.1, 0.15) is 17.3 Å². The van der Waals surface area contributed by atoms with E-state index in [9.17, 15) is 14.4 Å². The van der Waals surface area contributed by atoms with E-state index in [0.29, 0.717) is 66.1 Å². The first-order valence-corrected chi connectivity index (χ1v) is 21.1. The lowest BCUT2D eigenvalue weighted by Crippen LogP contribution is -2.32. The van der Waals surface area contributed by atoms with Gasteiger partial charge in [-0.15, -0.1) is 11.3 Å². The van der Waals surface area contributed by atoms with E-state index >= 15 is 4.39 Å². The van der Waals surface area contributed by atoms with Crippen LogP contribution in [0, 0.1) is 5.82 Å². The topological polar surface area (TPSA) is 144 Å². The number of nitrogens with zero attached hydrogens (tertiary/aromatic N) is 4. The maximum Gasteiger partial charge on any atom is 0.357 e. The number of nitrogens with one attached hydrogen (secondary N) is 1. The number of aromatic nitrogens is 3. The molecule has 3 aromatic carbocycles. The van der Waals surface area contributed by atoms with Crippen LogP contribution in [0.1, 0.15) is 87.4 Å². The number of carbonyl (C=O) groups is 3. The third kappa shape index (κ3) is 10.0. The molecule has 0 bridgehead atoms. The van der Waals surface area contributed by atoms with E-state index in [-0.39, 0.29) is 29.5 Å². The van der Waals surface area contributed by atoms with Crippen LogP contribution in [-0.2, 0) is 35.3 Å². The number of esters is 1. The highest BCUT2D eigenvalue weighted by atomic mass is 32.1. The van der Waals surface area contributed by atoms with Gasteiger partial charge >= 0.3 is 11.9 Å². The van der Waals surface area contributed by atoms with Crippen LogP contribution in [0.2, 0.25) is 0 Å². The summed E-state index contributed by atoms with van der Waals surface area (Å²) in [5.74, 6) is -1.22. The van der Waals surface area contributed by atoms with Crippen LogP contribution >= 0.6 is 22.7 Å². The molecule has 0 spiro atoms. The second kappa shape index (κ2) is 19.1. The molecule has 0 saturated carbocycles. The van der Waals surface area contributed by atoms with Gasteiger partial charge in [0, 0.05) is 41.7 Å². The maximum absolute atomic E-state index is 15.0. The predicted molar refractivity (Wildman–Crippen MR) is 225 cm³/mol. The number of para-hydroxylation sites is 1. The van der Waals surface area contributed by atoms with Gasteiger partial charge in [-0.25, -0.2) is 19.2 Å². The average molecular weight is 822 g/mol. The smallest absolute Gasteiger partial charge is 0.357 e. The Labute approximate surface area is 343 Å². The number of aliphatic carboxylic acids is 1. The molecule has 0 fully saturated rings. The summed E-state index contributed by atoms with van der Waals surface area (Å²) in [7, 11) is 1.35. The van der Waals surface area contributed by atoms with Crippen LogP contribution in [0.3, 0.4) is 0 Å². The molecule has 1 amide bonds. The molecule has 2 N–H and O–H groups in total. The highest BCUT2D eigenvalue weighted by Gasteiger charge is 2.27. The van der Waals surface area contributed by atoms with Crippen molar-refractivity contribution in [2.75, 3.05) is 30.5 Å². The highest BCUT2D eigenvalue weighted by molar-refractivity contribution is 7.22. The normalized spacial score (nSPS) is 12.3. The van der Waals surface area contributed by atoms with Crippen LogP contribution in [0.15, 0.2) is 79.0 Å². The summed E-state index contributed by atoms with van der Waals surface area (Å²) >= 11 is 2.89. The standard InChI is InChI=1S/C44H44FN5O6S2/c1-55-42(54)40-37(16-10-24-56-31-20-18-30(19-21-31)39-34(45)25-28(26-46-39)11-5-3-2-4-6-17-38(51)52)58-44(48-40)50-23-22-29-12-9-13-32(33(29)27-50)41(53)49-43-47-35-14-7-8-15-36(35)57-43/h7-9,12-15,18-21,25-26H,2-6,10-11,16-17,22-24,27H2,1H3,(H,51,52)(H,47,49,53). The monoisotopic (exact) mass is 821 g/mol. The number of methoxy groups -OCH3 is 1. The van der Waals surface area contributed by atoms with Crippen molar-refractivity contribution in [3.63, 3.8) is 0 Å². The number of hydrogen-bond donors (Lipinski definition) is 2. The lowest BCUT2D eigenvalue weighted by atomic mass is 9.94. The molecule has 11 nitrogen and oxygen atoms in total. The number of pyridine rings is 1. The Morgan fingerprint density at radius 3 is 2.52 bits per heavy atom. The van der Waals surface area contributed by atoms with Gasteiger partial charge in [0.2, 0.25) is 0 Å². The first-order chi connectivity index (χ1) is 28.2. The third-order valence-electron chi connectivity index (χ3n) is 10.1. The number of benzene rings is 3. The number of carboxylic acid groups (broad SMARTS) is 1. The molecule has 0 unspecified atom stereocenters. The molecule has 7 rings (SSSR count). The van der Waals surface area contributed by atoms with Crippen molar-refractivity contribution < 1.29 is 33.4 Å². The van der Waals surface area contributed by atoms with E-state index in [4.69, 9.17) is 19.6 Å². The number of fused-ring (bicyclic) bond motifs is 2. The SMILES string of the molecule is COC(=O)c1nc(N2CCc3cccc(C(=O)Nc4nc5ccccc5s4)c3C2)sc1CCCOc1ccc(-c2ncc(CCCCCCCC(=O)O)cc2F)cc1. The summed E-state index contributed by atoms with van der Waals surface area (Å²) < 4.78 is 27.2. The Morgan fingerprint density at radius 1 is 0.914 bits per heavy atom. The van der Waals surface area contributed by atoms with Crippen LogP contribution in [0.4, 0.5) is 14.7 Å². The van der Waals surface area contributed by atoms with Crippen LogP contribution in [0.5, 0.6) is 5.75 Å². The van der Waals surface area contributed by atoms with Crippen LogP contribution < -0.4 is 15.0 Å². The number of thiazole rings is 2. The number of anilines is 2. The number of aryl methyl sites for hydroxylation is 2. The van der Waals surface area contributed by atoms with Gasteiger partial charge in [0.25, 0.3) is 5.91 Å². The van der Waals surface area contributed by atoms with Crippen molar-refractivity contribution in [1.82, 2.24) is 15.0 Å². The van der Waals surface area contributed by atoms with Crippen molar-refractivity contribution in [2.24, 2.45) is 0 Å². The first-order valence-electron chi connectivity index (χ1n) is 19.5. The fourth-order valence-corrected chi connectivity index (χ4v) is 9.02. The number of carbonyl (C=O) groups excluding carboxylic acids is 2. The zero-order chi connectivity index (χ0) is 40.4. The summed E-state index contributed by atoms with van der Waals surface area (Å²) in [6, 6.07) is 22.3. The molecule has 1 aliphatic heterocycles. The van der Waals surface area contributed by atoms with Gasteiger partial charge in [-0.3, -0.25) is 19.9 Å². The van der Waals surface area contributed by atoms with Gasteiger partial charge < -0.3 is 19.5 Å². The lowest BCUT2D eigenvalue weighted by Gasteiger charge is -2.29. The molecule has 6 aromatic rings. The van der Waals surface area contributed by atoms with Crippen LogP contribution in [0.25, 0.3) is 21.5 Å². The van der Waals surface area contributed by atoms with E-state index in [2.05, 4.69) is 26.3 Å². The summed E-state index contributed by atoms with van der Waals surface area (Å²) in [5, 5.41) is 13.0. The Bertz CT molecular complexity index is 2360. The van der Waals surface area contributed by atoms with E-state index < -0.39 is 11.9 Å². The van der Waals surface area contributed by atoms with Gasteiger partial charge in [0.15, 0.2) is 16.0 Å². The van der Waals surface area contributed by atoms with E-state index in [1.165, 1.54) is 35.8 Å². The summed E-state index contributed by atoms with van der Waals surface area (Å²) in [6.45, 7) is 1.54. The Hall–Kier alpha value is -5.73. The molecular formula is C44H44FN5O6S2. The maximum atomic E-state index is 15.0. The van der Waals surface area contributed by atoms with E-state index in [1.807, 2.05) is 36.4 Å². The second-order valence-corrected chi connectivity index (χ2v) is 16.2. The molecule has 14 heteroatoms. The Kier molecular flexibility index (Phi) is 13.4. The first kappa shape index (κ1) is 40.5. The molecule has 4 heterocycles. The number of rotatable bonds is 18. The van der Waals surface area contributed by atoms with Gasteiger partial charge in [-0.1, -0.05) is 54.9 Å².